The summed E-state index contributed by atoms with van der Waals surface area (Å²) in [5.41, 5.74) is 3.44. The third kappa shape index (κ3) is 3.89. The van der Waals surface area contributed by atoms with Gasteiger partial charge < -0.3 is 15.6 Å². The first-order chi connectivity index (χ1) is 9.13. The number of carboxylic acid groups (broad SMARTS) is 1. The molecule has 0 aliphatic carbocycles. The van der Waals surface area contributed by atoms with Crippen molar-refractivity contribution in [2.24, 2.45) is 5.73 Å². The van der Waals surface area contributed by atoms with E-state index in [1.165, 1.54) is 13.0 Å². The van der Waals surface area contributed by atoms with Crippen molar-refractivity contribution in [2.75, 3.05) is 0 Å². The first-order valence-corrected chi connectivity index (χ1v) is 5.76. The van der Waals surface area contributed by atoms with E-state index in [0.29, 0.717) is 0 Å². The fourth-order valence-corrected chi connectivity index (χ4v) is 1.67. The molecule has 0 spiro atoms. The Hall–Kier alpha value is -2.22. The molecule has 8 heteroatoms. The summed E-state index contributed by atoms with van der Waals surface area (Å²) < 4.78 is 18.7. The Kier molecular flexibility index (Phi) is 4.61. The van der Waals surface area contributed by atoms with Crippen LogP contribution < -0.4 is 10.5 Å². The molecule has 110 valence electrons. The average molecular weight is 286 g/mol. The standard InChI is InChI=1S/C12H15FN2O5/c1-7(6-12(2,14)11(16)17)20-8-3-4-10(15(18)19)9(13)5-8/h3-5,7H,6,14H2,1-2H3,(H,16,17). The van der Waals surface area contributed by atoms with Gasteiger partial charge in [-0.15, -0.1) is 0 Å². The Morgan fingerprint density at radius 2 is 2.25 bits per heavy atom. The highest BCUT2D eigenvalue weighted by molar-refractivity contribution is 5.77. The highest BCUT2D eigenvalue weighted by atomic mass is 19.1. The first-order valence-electron chi connectivity index (χ1n) is 5.76. The van der Waals surface area contributed by atoms with Crippen LogP contribution in [0.1, 0.15) is 20.3 Å². The molecule has 0 saturated heterocycles. The van der Waals surface area contributed by atoms with Crippen LogP contribution in [0.2, 0.25) is 0 Å². The minimum absolute atomic E-state index is 0.000932. The monoisotopic (exact) mass is 286 g/mol. The van der Waals surface area contributed by atoms with Crippen molar-refractivity contribution < 1.29 is 24.0 Å². The molecule has 0 aliphatic rings. The smallest absolute Gasteiger partial charge is 0.323 e. The Labute approximate surface area is 114 Å². The quantitative estimate of drug-likeness (QED) is 0.607. The molecule has 0 amide bonds. The lowest BCUT2D eigenvalue weighted by Gasteiger charge is -2.24. The van der Waals surface area contributed by atoms with Crippen molar-refractivity contribution in [3.05, 3.63) is 34.1 Å². The van der Waals surface area contributed by atoms with Crippen molar-refractivity contribution in [3.8, 4) is 5.75 Å². The van der Waals surface area contributed by atoms with E-state index in [4.69, 9.17) is 15.6 Å². The number of ether oxygens (including phenoxy) is 1. The Morgan fingerprint density at radius 3 is 2.70 bits per heavy atom. The van der Waals surface area contributed by atoms with E-state index in [2.05, 4.69) is 0 Å². The zero-order valence-corrected chi connectivity index (χ0v) is 11.0. The molecular weight excluding hydrogens is 271 g/mol. The second-order valence-corrected chi connectivity index (χ2v) is 4.73. The van der Waals surface area contributed by atoms with E-state index in [9.17, 15) is 19.3 Å². The molecule has 0 aliphatic heterocycles. The van der Waals surface area contributed by atoms with E-state index in [0.717, 1.165) is 12.1 Å². The van der Waals surface area contributed by atoms with Crippen molar-refractivity contribution in [1.29, 1.82) is 0 Å². The molecule has 0 fully saturated rings. The fourth-order valence-electron chi connectivity index (χ4n) is 1.67. The number of rotatable bonds is 6. The van der Waals surface area contributed by atoms with Gasteiger partial charge >= 0.3 is 11.7 Å². The van der Waals surface area contributed by atoms with Crippen LogP contribution in [0.25, 0.3) is 0 Å². The average Bonchev–Trinajstić information content (AvgIpc) is 2.26. The summed E-state index contributed by atoms with van der Waals surface area (Å²) in [6.07, 6.45) is -0.594. The molecule has 1 rings (SSSR count). The van der Waals surface area contributed by atoms with Gasteiger partial charge in [-0.25, -0.2) is 0 Å². The van der Waals surface area contributed by atoms with Gasteiger partial charge in [0.05, 0.1) is 11.0 Å². The molecule has 3 N–H and O–H groups in total. The molecule has 7 nitrogen and oxygen atoms in total. The predicted octanol–water partition coefficient (Wildman–Crippen LogP) is 1.69. The Balaban J connectivity index is 2.77. The molecule has 0 radical (unpaired) electrons. The number of hydrogen-bond donors (Lipinski definition) is 2. The van der Waals surface area contributed by atoms with Crippen LogP contribution >= 0.6 is 0 Å². The number of nitrogens with two attached hydrogens (primary N) is 1. The molecule has 0 aromatic heterocycles. The molecule has 2 unspecified atom stereocenters. The number of carbonyl (C=O) groups is 1. The van der Waals surface area contributed by atoms with Crippen LogP contribution in [0.3, 0.4) is 0 Å². The number of nitro groups is 1. The van der Waals surface area contributed by atoms with Crippen molar-refractivity contribution in [2.45, 2.75) is 31.9 Å². The van der Waals surface area contributed by atoms with Gasteiger partial charge in [0.2, 0.25) is 5.82 Å². The largest absolute Gasteiger partial charge is 0.491 e. The normalized spacial score (nSPS) is 15.2. The van der Waals surface area contributed by atoms with Gasteiger partial charge in [0.15, 0.2) is 0 Å². The van der Waals surface area contributed by atoms with Crippen LogP contribution in [-0.2, 0) is 4.79 Å². The van der Waals surface area contributed by atoms with Crippen LogP contribution in [-0.4, -0.2) is 27.6 Å². The van der Waals surface area contributed by atoms with Gasteiger partial charge in [0.1, 0.15) is 11.3 Å². The molecule has 20 heavy (non-hydrogen) atoms. The number of carboxylic acids is 1. The van der Waals surface area contributed by atoms with Crippen LogP contribution in [0.5, 0.6) is 5.75 Å². The third-order valence-corrected chi connectivity index (χ3v) is 2.65. The van der Waals surface area contributed by atoms with Gasteiger partial charge in [-0.05, 0) is 19.9 Å². The number of aliphatic carboxylic acids is 1. The van der Waals surface area contributed by atoms with Gasteiger partial charge in [0, 0.05) is 18.6 Å². The molecule has 2 atom stereocenters. The van der Waals surface area contributed by atoms with Crippen LogP contribution in [0.15, 0.2) is 18.2 Å². The predicted molar refractivity (Wildman–Crippen MR) is 68.0 cm³/mol. The number of hydrogen-bond acceptors (Lipinski definition) is 5. The molecule has 1 aromatic rings. The fraction of sp³-hybridized carbons (Fsp3) is 0.417. The van der Waals surface area contributed by atoms with Crippen molar-refractivity contribution in [1.82, 2.24) is 0 Å². The Morgan fingerprint density at radius 1 is 1.65 bits per heavy atom. The molecule has 0 bridgehead atoms. The second kappa shape index (κ2) is 5.83. The molecular formula is C12H15FN2O5. The summed E-state index contributed by atoms with van der Waals surface area (Å²) >= 11 is 0. The van der Waals surface area contributed by atoms with Gasteiger partial charge in [-0.2, -0.15) is 4.39 Å². The minimum Gasteiger partial charge on any atom is -0.491 e. The summed E-state index contributed by atoms with van der Waals surface area (Å²) in [6.45, 7) is 2.92. The van der Waals surface area contributed by atoms with E-state index >= 15 is 0 Å². The van der Waals surface area contributed by atoms with E-state index in [1.807, 2.05) is 0 Å². The lowest BCUT2D eigenvalue weighted by molar-refractivity contribution is -0.387. The summed E-state index contributed by atoms with van der Waals surface area (Å²) in [4.78, 5) is 20.5. The second-order valence-electron chi connectivity index (χ2n) is 4.73. The summed E-state index contributed by atoms with van der Waals surface area (Å²) in [5.74, 6) is -2.13. The molecule has 0 saturated carbocycles. The summed E-state index contributed by atoms with van der Waals surface area (Å²) in [6, 6.07) is 3.10. The highest BCUT2D eigenvalue weighted by Crippen LogP contribution is 2.24. The zero-order valence-electron chi connectivity index (χ0n) is 11.0. The van der Waals surface area contributed by atoms with Gasteiger partial charge in [0.25, 0.3) is 0 Å². The maximum absolute atomic E-state index is 13.4. The molecule has 1 aromatic carbocycles. The van der Waals surface area contributed by atoms with Crippen LogP contribution in [0.4, 0.5) is 10.1 Å². The lowest BCUT2D eigenvalue weighted by atomic mass is 9.96. The maximum Gasteiger partial charge on any atom is 0.323 e. The van der Waals surface area contributed by atoms with E-state index in [-0.39, 0.29) is 12.2 Å². The van der Waals surface area contributed by atoms with Gasteiger partial charge in [-0.3, -0.25) is 14.9 Å². The number of halogens is 1. The van der Waals surface area contributed by atoms with Crippen molar-refractivity contribution in [3.63, 3.8) is 0 Å². The highest BCUT2D eigenvalue weighted by Gasteiger charge is 2.30. The van der Waals surface area contributed by atoms with Crippen LogP contribution in [0, 0.1) is 15.9 Å². The van der Waals surface area contributed by atoms with Gasteiger partial charge in [-0.1, -0.05) is 0 Å². The summed E-state index contributed by atoms with van der Waals surface area (Å²) in [7, 11) is 0. The Bertz CT molecular complexity index is 533. The SMILES string of the molecule is CC(CC(C)(N)C(=O)O)Oc1ccc([N+](=O)[O-])c(F)c1. The lowest BCUT2D eigenvalue weighted by Crippen LogP contribution is -2.47. The summed E-state index contributed by atoms with van der Waals surface area (Å²) in [5, 5.41) is 19.3. The maximum atomic E-state index is 13.4. The molecule has 0 heterocycles. The van der Waals surface area contributed by atoms with E-state index in [1.54, 1.807) is 6.92 Å². The minimum atomic E-state index is -1.47. The topological polar surface area (TPSA) is 116 Å². The third-order valence-electron chi connectivity index (χ3n) is 2.65. The first kappa shape index (κ1) is 15.8. The van der Waals surface area contributed by atoms with E-state index < -0.39 is 34.0 Å². The number of nitrogens with zero attached hydrogens (tertiary/aromatic N) is 1. The number of benzene rings is 1. The number of nitro benzene ring substituents is 1. The zero-order chi connectivity index (χ0) is 15.5. The van der Waals surface area contributed by atoms with Crippen molar-refractivity contribution >= 4 is 11.7 Å².